The van der Waals surface area contributed by atoms with Gasteiger partial charge in [0.2, 0.25) is 5.95 Å². The first-order valence-corrected chi connectivity index (χ1v) is 7.02. The van der Waals surface area contributed by atoms with Crippen LogP contribution in [0, 0.1) is 0 Å². The Bertz CT molecular complexity index is 618. The molecule has 0 aromatic carbocycles. The Kier molecular flexibility index (Phi) is 4.17. The molecule has 3 rings (SSSR count). The molecule has 7 heteroatoms. The van der Waals surface area contributed by atoms with Gasteiger partial charge < -0.3 is 14.4 Å². The van der Waals surface area contributed by atoms with Crippen molar-refractivity contribution in [1.29, 1.82) is 0 Å². The van der Waals surface area contributed by atoms with Gasteiger partial charge in [-0.1, -0.05) is 11.6 Å². The molecule has 6 nitrogen and oxygen atoms in total. The van der Waals surface area contributed by atoms with E-state index in [1.165, 1.54) is 0 Å². The lowest BCUT2D eigenvalue weighted by Crippen LogP contribution is -2.37. The molecule has 0 N–H and O–H groups in total. The monoisotopic (exact) mass is 306 g/mol. The maximum Gasteiger partial charge on any atom is 0.227 e. The number of morpholine rings is 1. The Balaban J connectivity index is 2.06. The standard InChI is InChI=1S/C14H15ClN4O2/c1-20-12-11(10-2-4-16-5-3-10)17-14(18-13(12)15)19-6-8-21-9-7-19/h2-5H,6-9H2,1H3. The van der Waals surface area contributed by atoms with E-state index in [4.69, 9.17) is 21.1 Å². The molecule has 0 amide bonds. The molecule has 1 fully saturated rings. The van der Waals surface area contributed by atoms with Crippen molar-refractivity contribution in [3.63, 3.8) is 0 Å². The number of hydrogen-bond donors (Lipinski definition) is 0. The number of nitrogens with zero attached hydrogens (tertiary/aromatic N) is 4. The summed E-state index contributed by atoms with van der Waals surface area (Å²) in [7, 11) is 1.56. The van der Waals surface area contributed by atoms with Gasteiger partial charge in [0.1, 0.15) is 5.69 Å². The van der Waals surface area contributed by atoms with Gasteiger partial charge in [-0.3, -0.25) is 4.98 Å². The summed E-state index contributed by atoms with van der Waals surface area (Å²) in [6.45, 7) is 2.83. The smallest absolute Gasteiger partial charge is 0.227 e. The predicted octanol–water partition coefficient (Wildman–Crippen LogP) is 2.04. The average Bonchev–Trinajstić information content (AvgIpc) is 2.55. The summed E-state index contributed by atoms with van der Waals surface area (Å²) in [5.74, 6) is 1.07. The second kappa shape index (κ2) is 6.24. The minimum atomic E-state index is 0.306. The molecule has 2 aromatic heterocycles. The van der Waals surface area contributed by atoms with Crippen molar-refractivity contribution in [2.75, 3.05) is 38.3 Å². The highest BCUT2D eigenvalue weighted by Crippen LogP contribution is 2.34. The normalized spacial score (nSPS) is 15.0. The Hall–Kier alpha value is -1.92. The highest BCUT2D eigenvalue weighted by Gasteiger charge is 2.20. The van der Waals surface area contributed by atoms with Gasteiger partial charge in [-0.05, 0) is 12.1 Å². The van der Waals surface area contributed by atoms with Crippen molar-refractivity contribution in [2.24, 2.45) is 0 Å². The summed E-state index contributed by atoms with van der Waals surface area (Å²) >= 11 is 6.25. The van der Waals surface area contributed by atoms with Crippen LogP contribution in [-0.4, -0.2) is 48.4 Å². The summed E-state index contributed by atoms with van der Waals surface area (Å²) in [6, 6.07) is 3.73. The van der Waals surface area contributed by atoms with E-state index in [1.54, 1.807) is 19.5 Å². The molecule has 3 heterocycles. The van der Waals surface area contributed by atoms with Crippen molar-refractivity contribution in [3.8, 4) is 17.0 Å². The van der Waals surface area contributed by atoms with E-state index >= 15 is 0 Å². The number of ether oxygens (including phenoxy) is 2. The zero-order valence-corrected chi connectivity index (χ0v) is 12.4. The van der Waals surface area contributed by atoms with E-state index < -0.39 is 0 Å². The zero-order chi connectivity index (χ0) is 14.7. The highest BCUT2D eigenvalue weighted by atomic mass is 35.5. The fourth-order valence-corrected chi connectivity index (χ4v) is 2.45. The van der Waals surface area contributed by atoms with Crippen LogP contribution in [0.3, 0.4) is 0 Å². The molecule has 1 aliphatic heterocycles. The lowest BCUT2D eigenvalue weighted by atomic mass is 10.2. The Labute approximate surface area is 127 Å². The summed E-state index contributed by atoms with van der Waals surface area (Å²) in [6.07, 6.45) is 3.42. The molecule has 0 unspecified atom stereocenters. The van der Waals surface area contributed by atoms with Gasteiger partial charge in [0.25, 0.3) is 0 Å². The fraction of sp³-hybridized carbons (Fsp3) is 0.357. The molecule has 0 saturated carbocycles. The third-order valence-electron chi connectivity index (χ3n) is 3.26. The Morgan fingerprint density at radius 2 is 1.90 bits per heavy atom. The third kappa shape index (κ3) is 2.91. The van der Waals surface area contributed by atoms with Crippen molar-refractivity contribution in [2.45, 2.75) is 0 Å². The number of anilines is 1. The number of aromatic nitrogens is 3. The van der Waals surface area contributed by atoms with Crippen LogP contribution in [0.4, 0.5) is 5.95 Å². The lowest BCUT2D eigenvalue weighted by Gasteiger charge is -2.27. The van der Waals surface area contributed by atoms with E-state index in [-0.39, 0.29) is 0 Å². The van der Waals surface area contributed by atoms with Gasteiger partial charge in [-0.2, -0.15) is 4.98 Å². The molecular formula is C14H15ClN4O2. The molecule has 110 valence electrons. The van der Waals surface area contributed by atoms with E-state index in [2.05, 4.69) is 19.9 Å². The molecule has 1 saturated heterocycles. The second-order valence-corrected chi connectivity index (χ2v) is 4.89. The van der Waals surface area contributed by atoms with E-state index in [0.29, 0.717) is 35.8 Å². The first-order chi connectivity index (χ1) is 10.3. The van der Waals surface area contributed by atoms with Gasteiger partial charge in [-0.25, -0.2) is 4.98 Å². The third-order valence-corrected chi connectivity index (χ3v) is 3.52. The van der Waals surface area contributed by atoms with Crippen molar-refractivity contribution >= 4 is 17.5 Å². The van der Waals surface area contributed by atoms with Crippen molar-refractivity contribution in [1.82, 2.24) is 15.0 Å². The summed E-state index contributed by atoms with van der Waals surface area (Å²) in [5.41, 5.74) is 1.56. The molecule has 0 radical (unpaired) electrons. The first-order valence-electron chi connectivity index (χ1n) is 6.64. The lowest BCUT2D eigenvalue weighted by molar-refractivity contribution is 0.122. The van der Waals surface area contributed by atoms with Gasteiger partial charge in [0, 0.05) is 31.0 Å². The number of rotatable bonds is 3. The van der Waals surface area contributed by atoms with Crippen LogP contribution in [0.2, 0.25) is 5.15 Å². The number of methoxy groups -OCH3 is 1. The first kappa shape index (κ1) is 14.0. The van der Waals surface area contributed by atoms with Gasteiger partial charge in [-0.15, -0.1) is 0 Å². The van der Waals surface area contributed by atoms with Gasteiger partial charge >= 0.3 is 0 Å². The quantitative estimate of drug-likeness (QED) is 0.809. The van der Waals surface area contributed by atoms with Crippen LogP contribution in [0.25, 0.3) is 11.3 Å². The molecule has 2 aromatic rings. The summed E-state index contributed by atoms with van der Waals surface area (Å²) < 4.78 is 10.7. The minimum absolute atomic E-state index is 0.306. The second-order valence-electron chi connectivity index (χ2n) is 4.53. The SMILES string of the molecule is COc1c(Cl)nc(N2CCOCC2)nc1-c1ccncc1. The molecule has 0 atom stereocenters. The van der Waals surface area contributed by atoms with Crippen LogP contribution in [0.5, 0.6) is 5.75 Å². The van der Waals surface area contributed by atoms with E-state index in [9.17, 15) is 0 Å². The van der Waals surface area contributed by atoms with Crippen LogP contribution >= 0.6 is 11.6 Å². The van der Waals surface area contributed by atoms with Crippen molar-refractivity contribution in [3.05, 3.63) is 29.7 Å². The predicted molar refractivity (Wildman–Crippen MR) is 79.9 cm³/mol. The number of hydrogen-bond acceptors (Lipinski definition) is 6. The van der Waals surface area contributed by atoms with Crippen LogP contribution in [0.1, 0.15) is 0 Å². The summed E-state index contributed by atoms with van der Waals surface area (Å²) in [4.78, 5) is 15.0. The molecule has 0 spiro atoms. The molecule has 21 heavy (non-hydrogen) atoms. The molecular weight excluding hydrogens is 292 g/mol. The van der Waals surface area contributed by atoms with E-state index in [1.807, 2.05) is 12.1 Å². The highest BCUT2D eigenvalue weighted by molar-refractivity contribution is 6.31. The number of pyridine rings is 1. The summed E-state index contributed by atoms with van der Waals surface area (Å²) in [5, 5.41) is 0.306. The maximum atomic E-state index is 6.25. The van der Waals surface area contributed by atoms with Gasteiger partial charge in [0.05, 0.1) is 20.3 Å². The Morgan fingerprint density at radius 3 is 2.57 bits per heavy atom. The van der Waals surface area contributed by atoms with Crippen LogP contribution in [-0.2, 0) is 4.74 Å². The fourth-order valence-electron chi connectivity index (χ4n) is 2.20. The van der Waals surface area contributed by atoms with Gasteiger partial charge in [0.15, 0.2) is 10.9 Å². The largest absolute Gasteiger partial charge is 0.491 e. The molecule has 1 aliphatic rings. The Morgan fingerprint density at radius 1 is 1.19 bits per heavy atom. The van der Waals surface area contributed by atoms with Crippen LogP contribution in [0.15, 0.2) is 24.5 Å². The van der Waals surface area contributed by atoms with Crippen molar-refractivity contribution < 1.29 is 9.47 Å². The zero-order valence-electron chi connectivity index (χ0n) is 11.6. The van der Waals surface area contributed by atoms with E-state index in [0.717, 1.165) is 18.7 Å². The van der Waals surface area contributed by atoms with Crippen LogP contribution < -0.4 is 9.64 Å². The minimum Gasteiger partial charge on any atom is -0.491 e. The molecule has 0 bridgehead atoms. The number of halogens is 1. The molecule has 0 aliphatic carbocycles. The maximum absolute atomic E-state index is 6.25. The average molecular weight is 307 g/mol. The topological polar surface area (TPSA) is 60.4 Å².